The van der Waals surface area contributed by atoms with Gasteiger partial charge in [0.05, 0.1) is 0 Å². The van der Waals surface area contributed by atoms with Gasteiger partial charge >= 0.3 is 6.03 Å². The molecule has 1 heterocycles. The highest BCUT2D eigenvalue weighted by molar-refractivity contribution is 5.72. The Kier molecular flexibility index (Phi) is 4.42. The molecule has 0 fully saturated rings. The molecule has 0 saturated heterocycles. The Hall–Kier alpha value is -2.29. The smallest absolute Gasteiger partial charge is 0.315 e. The number of primary amides is 1. The zero-order chi connectivity index (χ0) is 15.4. The summed E-state index contributed by atoms with van der Waals surface area (Å²) in [5, 5.41) is 0. The number of benzene rings is 2. The monoisotopic (exact) mass is 294 g/mol. The van der Waals surface area contributed by atoms with Crippen LogP contribution in [0, 0.1) is 0 Å². The Balaban J connectivity index is 1.73. The number of fused-ring (bicyclic) bond motifs is 1. The highest BCUT2D eigenvalue weighted by atomic mass is 16.2. The molecule has 0 unspecified atom stereocenters. The second-order valence-corrected chi connectivity index (χ2v) is 5.95. The lowest BCUT2D eigenvalue weighted by Gasteiger charge is -2.18. The van der Waals surface area contributed by atoms with E-state index < -0.39 is 0 Å². The van der Waals surface area contributed by atoms with Gasteiger partial charge in [-0.3, -0.25) is 0 Å². The SMILES string of the molecule is NC(=O)N1CCCc2ccc(CCc3ccccc3)cc2C1. The van der Waals surface area contributed by atoms with Gasteiger partial charge in [0.25, 0.3) is 0 Å². The van der Waals surface area contributed by atoms with Crippen molar-refractivity contribution in [2.24, 2.45) is 5.73 Å². The molecule has 2 aromatic rings. The van der Waals surface area contributed by atoms with Gasteiger partial charge < -0.3 is 10.6 Å². The average Bonchev–Trinajstić information content (AvgIpc) is 2.76. The van der Waals surface area contributed by atoms with Crippen LogP contribution in [0.4, 0.5) is 4.79 Å². The Morgan fingerprint density at radius 2 is 1.77 bits per heavy atom. The Morgan fingerprint density at radius 3 is 2.55 bits per heavy atom. The van der Waals surface area contributed by atoms with Gasteiger partial charge in [0.2, 0.25) is 0 Å². The van der Waals surface area contributed by atoms with Crippen molar-refractivity contribution < 1.29 is 4.79 Å². The maximum atomic E-state index is 11.5. The summed E-state index contributed by atoms with van der Waals surface area (Å²) in [6, 6.07) is 16.9. The maximum absolute atomic E-state index is 11.5. The summed E-state index contributed by atoms with van der Waals surface area (Å²) in [5.74, 6) is 0. The summed E-state index contributed by atoms with van der Waals surface area (Å²) in [6.07, 6.45) is 4.07. The molecule has 3 heteroatoms. The molecule has 22 heavy (non-hydrogen) atoms. The van der Waals surface area contributed by atoms with Crippen molar-refractivity contribution in [1.29, 1.82) is 0 Å². The molecular weight excluding hydrogens is 272 g/mol. The van der Waals surface area contributed by atoms with Crippen molar-refractivity contribution in [2.75, 3.05) is 6.54 Å². The van der Waals surface area contributed by atoms with Crippen LogP contribution in [-0.2, 0) is 25.8 Å². The molecule has 0 bridgehead atoms. The standard InChI is InChI=1S/C19H22N2O/c20-19(22)21-12-4-7-17-11-10-16(13-18(17)14-21)9-8-15-5-2-1-3-6-15/h1-3,5-6,10-11,13H,4,7-9,12,14H2,(H2,20,22). The lowest BCUT2D eigenvalue weighted by Crippen LogP contribution is -2.35. The van der Waals surface area contributed by atoms with E-state index in [0.29, 0.717) is 6.54 Å². The summed E-state index contributed by atoms with van der Waals surface area (Å²) >= 11 is 0. The number of nitrogens with two attached hydrogens (primary N) is 1. The third-order valence-corrected chi connectivity index (χ3v) is 4.36. The fraction of sp³-hybridized carbons (Fsp3) is 0.316. The second-order valence-electron chi connectivity index (χ2n) is 5.95. The Labute approximate surface area is 131 Å². The van der Waals surface area contributed by atoms with Crippen LogP contribution in [0.15, 0.2) is 48.5 Å². The van der Waals surface area contributed by atoms with E-state index in [2.05, 4.69) is 42.5 Å². The molecule has 0 radical (unpaired) electrons. The van der Waals surface area contributed by atoms with E-state index in [1.807, 2.05) is 6.07 Å². The minimum absolute atomic E-state index is 0.317. The molecule has 3 nitrogen and oxygen atoms in total. The first-order valence-corrected chi connectivity index (χ1v) is 7.91. The number of carbonyl (C=O) groups excluding carboxylic acids is 1. The molecule has 0 aromatic heterocycles. The highest BCUT2D eigenvalue weighted by Crippen LogP contribution is 2.21. The predicted molar refractivity (Wildman–Crippen MR) is 88.6 cm³/mol. The van der Waals surface area contributed by atoms with Crippen LogP contribution in [-0.4, -0.2) is 17.5 Å². The Bertz CT molecular complexity index is 652. The minimum Gasteiger partial charge on any atom is -0.351 e. The summed E-state index contributed by atoms with van der Waals surface area (Å²) in [7, 11) is 0. The third kappa shape index (κ3) is 3.48. The van der Waals surface area contributed by atoms with E-state index >= 15 is 0 Å². The summed E-state index contributed by atoms with van der Waals surface area (Å²) < 4.78 is 0. The quantitative estimate of drug-likeness (QED) is 0.927. The van der Waals surface area contributed by atoms with Gasteiger partial charge in [-0.15, -0.1) is 0 Å². The second kappa shape index (κ2) is 6.65. The van der Waals surface area contributed by atoms with E-state index in [9.17, 15) is 4.79 Å². The van der Waals surface area contributed by atoms with Crippen LogP contribution in [0.2, 0.25) is 0 Å². The van der Waals surface area contributed by atoms with Gasteiger partial charge in [-0.05, 0) is 47.9 Å². The van der Waals surface area contributed by atoms with Crippen LogP contribution in [0.3, 0.4) is 0 Å². The molecule has 1 aliphatic rings. The molecule has 3 rings (SSSR count). The van der Waals surface area contributed by atoms with Crippen molar-refractivity contribution in [1.82, 2.24) is 4.90 Å². The molecule has 2 aromatic carbocycles. The molecule has 0 spiro atoms. The van der Waals surface area contributed by atoms with Gasteiger partial charge in [-0.25, -0.2) is 4.79 Å². The fourth-order valence-corrected chi connectivity index (χ4v) is 3.09. The lowest BCUT2D eigenvalue weighted by atomic mass is 9.98. The van der Waals surface area contributed by atoms with Crippen molar-refractivity contribution in [2.45, 2.75) is 32.2 Å². The first kappa shape index (κ1) is 14.6. The first-order chi connectivity index (χ1) is 10.7. The van der Waals surface area contributed by atoms with Gasteiger partial charge in [-0.2, -0.15) is 0 Å². The van der Waals surface area contributed by atoms with Crippen LogP contribution in [0.5, 0.6) is 0 Å². The molecule has 0 atom stereocenters. The van der Waals surface area contributed by atoms with E-state index in [1.165, 1.54) is 22.3 Å². The van der Waals surface area contributed by atoms with Gasteiger partial charge in [0, 0.05) is 13.1 Å². The molecule has 114 valence electrons. The van der Waals surface area contributed by atoms with Crippen LogP contribution >= 0.6 is 0 Å². The van der Waals surface area contributed by atoms with Crippen molar-refractivity contribution >= 4 is 6.03 Å². The van der Waals surface area contributed by atoms with Crippen LogP contribution in [0.25, 0.3) is 0 Å². The number of hydrogen-bond donors (Lipinski definition) is 1. The fourth-order valence-electron chi connectivity index (χ4n) is 3.09. The molecule has 0 saturated carbocycles. The van der Waals surface area contributed by atoms with E-state index in [0.717, 1.165) is 32.2 Å². The lowest BCUT2D eigenvalue weighted by molar-refractivity contribution is 0.206. The van der Waals surface area contributed by atoms with Crippen molar-refractivity contribution in [3.63, 3.8) is 0 Å². The molecule has 0 aliphatic carbocycles. The predicted octanol–water partition coefficient (Wildman–Crippen LogP) is 3.30. The first-order valence-electron chi connectivity index (χ1n) is 7.91. The van der Waals surface area contributed by atoms with Crippen molar-refractivity contribution in [3.8, 4) is 0 Å². The van der Waals surface area contributed by atoms with Crippen LogP contribution in [0.1, 0.15) is 28.7 Å². The topological polar surface area (TPSA) is 46.3 Å². The minimum atomic E-state index is -0.317. The molecule has 2 amide bonds. The number of rotatable bonds is 3. The average molecular weight is 294 g/mol. The van der Waals surface area contributed by atoms with Crippen molar-refractivity contribution in [3.05, 3.63) is 70.8 Å². The number of aryl methyl sites for hydroxylation is 3. The molecule has 1 aliphatic heterocycles. The summed E-state index contributed by atoms with van der Waals surface area (Å²) in [4.78, 5) is 13.2. The number of carbonyl (C=O) groups is 1. The largest absolute Gasteiger partial charge is 0.351 e. The highest BCUT2D eigenvalue weighted by Gasteiger charge is 2.17. The third-order valence-electron chi connectivity index (χ3n) is 4.36. The van der Waals surface area contributed by atoms with Gasteiger partial charge in [-0.1, -0.05) is 48.5 Å². The summed E-state index contributed by atoms with van der Waals surface area (Å²) in [5.41, 5.74) is 10.7. The number of urea groups is 1. The van der Waals surface area contributed by atoms with E-state index in [-0.39, 0.29) is 6.03 Å². The molecular formula is C19H22N2O. The maximum Gasteiger partial charge on any atom is 0.315 e. The van der Waals surface area contributed by atoms with E-state index in [4.69, 9.17) is 5.73 Å². The van der Waals surface area contributed by atoms with Crippen LogP contribution < -0.4 is 5.73 Å². The normalized spacial score (nSPS) is 14.3. The molecule has 2 N–H and O–H groups in total. The number of hydrogen-bond acceptors (Lipinski definition) is 1. The summed E-state index contributed by atoms with van der Waals surface area (Å²) in [6.45, 7) is 1.40. The number of amides is 2. The number of nitrogens with zero attached hydrogens (tertiary/aromatic N) is 1. The Morgan fingerprint density at radius 1 is 1.00 bits per heavy atom. The van der Waals surface area contributed by atoms with Gasteiger partial charge in [0.15, 0.2) is 0 Å². The van der Waals surface area contributed by atoms with E-state index in [1.54, 1.807) is 4.90 Å². The zero-order valence-corrected chi connectivity index (χ0v) is 12.8. The zero-order valence-electron chi connectivity index (χ0n) is 12.8. The van der Waals surface area contributed by atoms with Gasteiger partial charge in [0.1, 0.15) is 0 Å².